The third-order valence-electron chi connectivity index (χ3n) is 11.2. The van der Waals surface area contributed by atoms with Crippen molar-refractivity contribution in [2.45, 2.75) is 0 Å². The van der Waals surface area contributed by atoms with Crippen LogP contribution >= 0.6 is 0 Å². The van der Waals surface area contributed by atoms with Gasteiger partial charge in [-0.15, -0.1) is 0 Å². The molecule has 0 spiro atoms. The minimum atomic E-state index is 0.561. The van der Waals surface area contributed by atoms with Crippen LogP contribution in [0.3, 0.4) is 0 Å². The molecule has 0 saturated carbocycles. The highest BCUT2D eigenvalue weighted by molar-refractivity contribution is 6.21. The van der Waals surface area contributed by atoms with Crippen molar-refractivity contribution in [2.75, 3.05) is 0 Å². The van der Waals surface area contributed by atoms with Crippen LogP contribution in [0.15, 0.2) is 186 Å². The molecule has 0 aliphatic carbocycles. The first-order chi connectivity index (χ1) is 27.7. The monoisotopic (exact) mass is 714 g/mol. The molecule has 0 aliphatic heterocycles. The van der Waals surface area contributed by atoms with Crippen molar-refractivity contribution in [1.82, 2.24) is 19.5 Å². The van der Waals surface area contributed by atoms with E-state index in [0.717, 1.165) is 76.8 Å². The molecule has 3 aromatic heterocycles. The van der Waals surface area contributed by atoms with Gasteiger partial charge in [0, 0.05) is 38.2 Å². The lowest BCUT2D eigenvalue weighted by molar-refractivity contribution is 0.669. The second-order valence-corrected chi connectivity index (χ2v) is 14.4. The Morgan fingerprint density at radius 1 is 0.375 bits per heavy atom. The predicted molar refractivity (Wildman–Crippen MR) is 230 cm³/mol. The van der Waals surface area contributed by atoms with Crippen molar-refractivity contribution in [2.24, 2.45) is 0 Å². The topological polar surface area (TPSA) is 56.7 Å². The third kappa shape index (κ3) is 4.71. The molecule has 5 nitrogen and oxygen atoms in total. The van der Waals surface area contributed by atoms with Crippen LogP contribution in [0, 0.1) is 0 Å². The Morgan fingerprint density at radius 2 is 1.02 bits per heavy atom. The van der Waals surface area contributed by atoms with Gasteiger partial charge in [0.1, 0.15) is 11.2 Å². The first-order valence-electron chi connectivity index (χ1n) is 18.8. The van der Waals surface area contributed by atoms with Crippen molar-refractivity contribution in [1.29, 1.82) is 0 Å². The van der Waals surface area contributed by atoms with Crippen LogP contribution in [-0.4, -0.2) is 19.5 Å². The summed E-state index contributed by atoms with van der Waals surface area (Å²) in [5, 5.41) is 11.5. The Labute approximate surface area is 320 Å². The van der Waals surface area contributed by atoms with Gasteiger partial charge >= 0.3 is 0 Å². The summed E-state index contributed by atoms with van der Waals surface area (Å²) in [5.41, 5.74) is 7.83. The molecule has 0 amide bonds. The zero-order valence-corrected chi connectivity index (χ0v) is 30.0. The van der Waals surface area contributed by atoms with Crippen LogP contribution in [0.1, 0.15) is 0 Å². The van der Waals surface area contributed by atoms with E-state index < -0.39 is 0 Å². The third-order valence-corrected chi connectivity index (χ3v) is 11.2. The Bertz CT molecular complexity index is 3540. The van der Waals surface area contributed by atoms with Crippen molar-refractivity contribution >= 4 is 76.1 Å². The molecule has 12 rings (SSSR count). The molecule has 0 unspecified atom stereocenters. The smallest absolute Gasteiger partial charge is 0.238 e. The highest BCUT2D eigenvalue weighted by Crippen LogP contribution is 2.42. The lowest BCUT2D eigenvalue weighted by atomic mass is 9.98. The van der Waals surface area contributed by atoms with Crippen LogP contribution in [0.4, 0.5) is 0 Å². The Morgan fingerprint density at radius 3 is 1.86 bits per heavy atom. The molecule has 5 heteroatoms. The zero-order chi connectivity index (χ0) is 36.7. The molecule has 56 heavy (non-hydrogen) atoms. The van der Waals surface area contributed by atoms with Crippen LogP contribution < -0.4 is 0 Å². The summed E-state index contributed by atoms with van der Waals surface area (Å²) in [7, 11) is 0. The Balaban J connectivity index is 1.18. The van der Waals surface area contributed by atoms with Crippen molar-refractivity contribution < 1.29 is 4.42 Å². The lowest BCUT2D eigenvalue weighted by Gasteiger charge is -2.13. The number of hydrogen-bond donors (Lipinski definition) is 0. The summed E-state index contributed by atoms with van der Waals surface area (Å²) in [6, 6.07) is 64.0. The van der Waals surface area contributed by atoms with Crippen LogP contribution in [0.2, 0.25) is 0 Å². The molecule has 260 valence electrons. The van der Waals surface area contributed by atoms with Crippen LogP contribution in [-0.2, 0) is 0 Å². The average molecular weight is 715 g/mol. The highest BCUT2D eigenvalue weighted by atomic mass is 16.3. The first-order valence-corrected chi connectivity index (χ1v) is 18.8. The maximum absolute atomic E-state index is 6.43. The number of fused-ring (bicyclic) bond motifs is 10. The van der Waals surface area contributed by atoms with E-state index in [4.69, 9.17) is 19.4 Å². The van der Waals surface area contributed by atoms with E-state index in [-0.39, 0.29) is 0 Å². The number of para-hydroxylation sites is 1. The number of hydrogen-bond acceptors (Lipinski definition) is 4. The van der Waals surface area contributed by atoms with Crippen LogP contribution in [0.25, 0.3) is 116 Å². The lowest BCUT2D eigenvalue weighted by Crippen LogP contribution is -2.07. The predicted octanol–water partition coefficient (Wildman–Crippen LogP) is 13.3. The van der Waals surface area contributed by atoms with Gasteiger partial charge in [-0.2, -0.15) is 9.97 Å². The fourth-order valence-electron chi connectivity index (χ4n) is 8.55. The average Bonchev–Trinajstić information content (AvgIpc) is 3.81. The number of rotatable bonds is 4. The van der Waals surface area contributed by atoms with E-state index in [1.807, 2.05) is 18.2 Å². The van der Waals surface area contributed by atoms with Gasteiger partial charge in [0.05, 0.1) is 11.0 Å². The number of furan rings is 1. The molecule has 0 fully saturated rings. The second kappa shape index (κ2) is 11.9. The summed E-state index contributed by atoms with van der Waals surface area (Å²) in [5.74, 6) is 1.79. The second-order valence-electron chi connectivity index (χ2n) is 14.4. The van der Waals surface area contributed by atoms with Gasteiger partial charge in [-0.05, 0) is 74.3 Å². The molecule has 0 atom stereocenters. The normalized spacial score (nSPS) is 11.9. The molecule has 12 aromatic rings. The zero-order valence-electron chi connectivity index (χ0n) is 30.0. The van der Waals surface area contributed by atoms with Gasteiger partial charge in [0.25, 0.3) is 0 Å². The molecule has 3 heterocycles. The molecule has 0 radical (unpaired) electrons. The molecule has 0 saturated heterocycles. The minimum absolute atomic E-state index is 0.561. The summed E-state index contributed by atoms with van der Waals surface area (Å²) in [6.45, 7) is 0. The van der Waals surface area contributed by atoms with E-state index in [1.165, 1.54) is 21.5 Å². The van der Waals surface area contributed by atoms with Crippen LogP contribution in [0.5, 0.6) is 0 Å². The summed E-state index contributed by atoms with van der Waals surface area (Å²) < 4.78 is 8.68. The SMILES string of the molecule is c1ccc(-c2nc(-c3ccc4ccccc4c3)nc(-n3c4cc5ccccc5cc4c4cccc(-c5ccc6oc7ccc8ccccc8c7c6c5)c43)n2)cc1. The quantitative estimate of drug-likeness (QED) is 0.182. The number of aromatic nitrogens is 4. The minimum Gasteiger partial charge on any atom is -0.456 e. The standard InChI is InChI=1S/C51H30N4O/c1-2-13-33(14-3-1)49-52-50(38-22-21-31-11-4-5-15-34(31)27-38)54-51(53-49)55-44-30-36-17-7-6-16-35(36)28-42(44)41-20-10-19-40(48(41)55)37-24-25-45-43(29-37)47-39-18-9-8-12-32(39)23-26-46(47)56-45/h1-30H. The molecule has 9 aromatic carbocycles. The summed E-state index contributed by atoms with van der Waals surface area (Å²) in [4.78, 5) is 15.7. The number of nitrogens with zero attached hydrogens (tertiary/aromatic N) is 4. The maximum atomic E-state index is 6.43. The van der Waals surface area contributed by atoms with Crippen molar-refractivity contribution in [3.63, 3.8) is 0 Å². The van der Waals surface area contributed by atoms with Gasteiger partial charge in [-0.25, -0.2) is 4.98 Å². The Hall–Kier alpha value is -7.63. The molecular formula is C51H30N4O. The van der Waals surface area contributed by atoms with E-state index in [2.05, 4.69) is 168 Å². The van der Waals surface area contributed by atoms with E-state index in [9.17, 15) is 0 Å². The molecule has 0 bridgehead atoms. The fraction of sp³-hybridized carbons (Fsp3) is 0. The van der Waals surface area contributed by atoms with Gasteiger partial charge < -0.3 is 4.42 Å². The first kappa shape index (κ1) is 30.8. The summed E-state index contributed by atoms with van der Waals surface area (Å²) >= 11 is 0. The van der Waals surface area contributed by atoms with E-state index in [1.54, 1.807) is 0 Å². The van der Waals surface area contributed by atoms with Gasteiger partial charge in [-0.3, -0.25) is 4.57 Å². The van der Waals surface area contributed by atoms with Gasteiger partial charge in [0.2, 0.25) is 5.95 Å². The van der Waals surface area contributed by atoms with Crippen molar-refractivity contribution in [3.8, 4) is 39.9 Å². The summed E-state index contributed by atoms with van der Waals surface area (Å²) in [6.07, 6.45) is 0. The maximum Gasteiger partial charge on any atom is 0.238 e. The van der Waals surface area contributed by atoms with Crippen molar-refractivity contribution in [3.05, 3.63) is 182 Å². The fourth-order valence-corrected chi connectivity index (χ4v) is 8.55. The van der Waals surface area contributed by atoms with Gasteiger partial charge in [0.15, 0.2) is 11.6 Å². The largest absolute Gasteiger partial charge is 0.456 e. The Kier molecular flexibility index (Phi) is 6.56. The molecular weight excluding hydrogens is 685 g/mol. The highest BCUT2D eigenvalue weighted by Gasteiger charge is 2.22. The number of benzene rings is 9. The molecule has 0 aliphatic rings. The molecule has 0 N–H and O–H groups in total. The van der Waals surface area contributed by atoms with E-state index in [0.29, 0.717) is 17.6 Å². The van der Waals surface area contributed by atoms with Gasteiger partial charge in [-0.1, -0.05) is 146 Å². The van der Waals surface area contributed by atoms with E-state index >= 15 is 0 Å².